The highest BCUT2D eigenvalue weighted by atomic mass is 32.1. The molecule has 0 saturated carbocycles. The number of nitrogens with zero attached hydrogens (tertiary/aromatic N) is 2. The Labute approximate surface area is 161 Å². The third-order valence-corrected chi connectivity index (χ3v) is 4.71. The Balaban J connectivity index is 1.65. The average molecular weight is 380 g/mol. The van der Waals surface area contributed by atoms with Gasteiger partial charge in [0.15, 0.2) is 5.13 Å². The molecule has 0 unspecified atom stereocenters. The quantitative estimate of drug-likeness (QED) is 0.484. The topological polar surface area (TPSA) is 89.6 Å². The van der Waals surface area contributed by atoms with Crippen LogP contribution in [-0.2, 0) is 13.0 Å². The lowest BCUT2D eigenvalue weighted by atomic mass is 10.2. The van der Waals surface area contributed by atoms with Crippen molar-refractivity contribution in [2.24, 2.45) is 5.10 Å². The van der Waals surface area contributed by atoms with Crippen LogP contribution >= 0.6 is 11.3 Å². The van der Waals surface area contributed by atoms with Gasteiger partial charge in [-0.25, -0.2) is 10.4 Å². The van der Waals surface area contributed by atoms with Crippen LogP contribution in [0.5, 0.6) is 5.75 Å². The molecule has 0 fully saturated rings. The van der Waals surface area contributed by atoms with Crippen molar-refractivity contribution in [3.05, 3.63) is 76.3 Å². The normalized spacial score (nSPS) is 10.9. The van der Waals surface area contributed by atoms with E-state index in [1.807, 2.05) is 61.5 Å². The number of para-hydroxylation sites is 1. The minimum Gasteiger partial charge on any atom is -0.488 e. The highest BCUT2D eigenvalue weighted by Crippen LogP contribution is 2.21. The molecule has 3 rings (SSSR count). The smallest absolute Gasteiger partial charge is 0.283 e. The van der Waals surface area contributed by atoms with E-state index < -0.39 is 0 Å². The number of ether oxygens (including phenoxy) is 1. The molecule has 3 aromatic rings. The van der Waals surface area contributed by atoms with Gasteiger partial charge in [-0.1, -0.05) is 60.7 Å². The Kier molecular flexibility index (Phi) is 6.17. The van der Waals surface area contributed by atoms with Crippen molar-refractivity contribution < 1.29 is 9.53 Å². The summed E-state index contributed by atoms with van der Waals surface area (Å²) in [6.45, 7) is 2.38. The molecule has 0 bridgehead atoms. The molecule has 27 heavy (non-hydrogen) atoms. The molecule has 0 aliphatic heterocycles. The van der Waals surface area contributed by atoms with Gasteiger partial charge in [0.05, 0.1) is 11.9 Å². The van der Waals surface area contributed by atoms with Crippen molar-refractivity contribution in [3.8, 4) is 5.75 Å². The van der Waals surface area contributed by atoms with Crippen molar-refractivity contribution in [2.75, 3.05) is 5.73 Å². The van der Waals surface area contributed by atoms with Crippen LogP contribution in [0.1, 0.15) is 33.4 Å². The molecule has 0 aliphatic rings. The number of rotatable bonds is 7. The molecule has 3 N–H and O–H groups in total. The van der Waals surface area contributed by atoms with E-state index in [4.69, 9.17) is 10.5 Å². The van der Waals surface area contributed by atoms with Gasteiger partial charge in [-0.2, -0.15) is 5.10 Å². The van der Waals surface area contributed by atoms with E-state index in [0.29, 0.717) is 34.5 Å². The summed E-state index contributed by atoms with van der Waals surface area (Å²) in [7, 11) is 0. The summed E-state index contributed by atoms with van der Waals surface area (Å²) >= 11 is 1.16. The highest BCUT2D eigenvalue weighted by Gasteiger charge is 2.15. The van der Waals surface area contributed by atoms with E-state index in [9.17, 15) is 4.79 Å². The maximum Gasteiger partial charge on any atom is 0.283 e. The summed E-state index contributed by atoms with van der Waals surface area (Å²) in [5.74, 6) is 0.371. The number of carbonyl (C=O) groups excluding carboxylic acids is 1. The molecular formula is C20H20N4O2S. The number of nitrogens with two attached hydrogens (primary N) is 1. The number of nitrogen functional groups attached to an aromatic ring is 1. The van der Waals surface area contributed by atoms with Crippen LogP contribution in [0.4, 0.5) is 5.13 Å². The van der Waals surface area contributed by atoms with Crippen LogP contribution in [0.3, 0.4) is 0 Å². The molecule has 0 saturated heterocycles. The SMILES string of the molecule is CCc1nc(N)sc1C(=O)NN=Cc1ccccc1OCc1ccccc1. The zero-order valence-corrected chi connectivity index (χ0v) is 15.7. The van der Waals surface area contributed by atoms with Crippen LogP contribution < -0.4 is 15.9 Å². The van der Waals surface area contributed by atoms with Crippen molar-refractivity contribution in [1.29, 1.82) is 0 Å². The Hall–Kier alpha value is -3.19. The number of amides is 1. The number of benzene rings is 2. The van der Waals surface area contributed by atoms with E-state index in [-0.39, 0.29) is 5.91 Å². The Bertz CT molecular complexity index is 938. The number of carbonyl (C=O) groups is 1. The van der Waals surface area contributed by atoms with Gasteiger partial charge in [-0.15, -0.1) is 0 Å². The molecule has 1 heterocycles. The monoisotopic (exact) mass is 380 g/mol. The first kappa shape index (κ1) is 18.6. The van der Waals surface area contributed by atoms with Crippen LogP contribution in [-0.4, -0.2) is 17.1 Å². The lowest BCUT2D eigenvalue weighted by molar-refractivity contribution is 0.0958. The molecule has 0 radical (unpaired) electrons. The van der Waals surface area contributed by atoms with Gasteiger partial charge in [-0.3, -0.25) is 4.79 Å². The van der Waals surface area contributed by atoms with Crippen molar-refractivity contribution in [3.63, 3.8) is 0 Å². The predicted octanol–water partition coefficient (Wildman–Crippen LogP) is 3.63. The number of hydrogen-bond donors (Lipinski definition) is 2. The summed E-state index contributed by atoms with van der Waals surface area (Å²) in [6.07, 6.45) is 2.20. The van der Waals surface area contributed by atoms with Gasteiger partial charge in [-0.05, 0) is 24.1 Å². The van der Waals surface area contributed by atoms with Gasteiger partial charge in [0.25, 0.3) is 5.91 Å². The van der Waals surface area contributed by atoms with Gasteiger partial charge in [0, 0.05) is 5.56 Å². The Morgan fingerprint density at radius 3 is 2.74 bits per heavy atom. The first-order chi connectivity index (χ1) is 13.2. The fourth-order valence-electron chi connectivity index (χ4n) is 2.45. The summed E-state index contributed by atoms with van der Waals surface area (Å²) in [4.78, 5) is 16.9. The lowest BCUT2D eigenvalue weighted by Gasteiger charge is -2.09. The first-order valence-electron chi connectivity index (χ1n) is 8.51. The predicted molar refractivity (Wildman–Crippen MR) is 108 cm³/mol. The second-order valence-electron chi connectivity index (χ2n) is 5.69. The molecular weight excluding hydrogens is 360 g/mol. The minimum atomic E-state index is -0.319. The summed E-state index contributed by atoms with van der Waals surface area (Å²) in [6, 6.07) is 17.4. The molecule has 6 nitrogen and oxygen atoms in total. The van der Waals surface area contributed by atoms with Crippen LogP contribution in [0, 0.1) is 0 Å². The third kappa shape index (κ3) is 4.92. The number of hydrogen-bond acceptors (Lipinski definition) is 6. The van der Waals surface area contributed by atoms with Crippen molar-refractivity contribution >= 4 is 28.6 Å². The second-order valence-corrected chi connectivity index (χ2v) is 6.72. The lowest BCUT2D eigenvalue weighted by Crippen LogP contribution is -2.17. The van der Waals surface area contributed by atoms with Crippen molar-refractivity contribution in [2.45, 2.75) is 20.0 Å². The van der Waals surface area contributed by atoms with Gasteiger partial charge < -0.3 is 10.5 Å². The fourth-order valence-corrected chi connectivity index (χ4v) is 3.26. The number of aromatic nitrogens is 1. The Morgan fingerprint density at radius 2 is 1.96 bits per heavy atom. The van der Waals surface area contributed by atoms with Gasteiger partial charge in [0.1, 0.15) is 17.2 Å². The average Bonchev–Trinajstić information content (AvgIpc) is 3.09. The molecule has 0 atom stereocenters. The van der Waals surface area contributed by atoms with E-state index in [1.54, 1.807) is 6.21 Å². The zero-order chi connectivity index (χ0) is 19.1. The molecule has 1 aromatic heterocycles. The Morgan fingerprint density at radius 1 is 1.22 bits per heavy atom. The molecule has 2 aromatic carbocycles. The largest absolute Gasteiger partial charge is 0.488 e. The fraction of sp³-hybridized carbons (Fsp3) is 0.150. The second kappa shape index (κ2) is 8.95. The molecule has 138 valence electrons. The number of anilines is 1. The van der Waals surface area contributed by atoms with Crippen LogP contribution in [0.15, 0.2) is 59.7 Å². The maximum atomic E-state index is 12.3. The maximum absolute atomic E-state index is 12.3. The molecule has 0 spiro atoms. The summed E-state index contributed by atoms with van der Waals surface area (Å²) in [5.41, 5.74) is 10.7. The van der Waals surface area contributed by atoms with E-state index in [0.717, 1.165) is 22.5 Å². The van der Waals surface area contributed by atoms with E-state index >= 15 is 0 Å². The number of thiazole rings is 1. The van der Waals surface area contributed by atoms with Crippen LogP contribution in [0.25, 0.3) is 0 Å². The van der Waals surface area contributed by atoms with Gasteiger partial charge in [0.2, 0.25) is 0 Å². The number of nitrogens with one attached hydrogen (secondary N) is 1. The summed E-state index contributed by atoms with van der Waals surface area (Å²) in [5, 5.41) is 4.43. The van der Waals surface area contributed by atoms with Gasteiger partial charge >= 0.3 is 0 Å². The highest BCUT2D eigenvalue weighted by molar-refractivity contribution is 7.17. The third-order valence-electron chi connectivity index (χ3n) is 3.78. The first-order valence-corrected chi connectivity index (χ1v) is 9.33. The van der Waals surface area contributed by atoms with Crippen molar-refractivity contribution in [1.82, 2.24) is 10.4 Å². The summed E-state index contributed by atoms with van der Waals surface area (Å²) < 4.78 is 5.88. The standard InChI is InChI=1S/C20H20N4O2S/c1-2-16-18(27-20(21)23-16)19(25)24-22-12-15-10-6-7-11-17(15)26-13-14-8-4-3-5-9-14/h3-12H,2,13H2,1H3,(H2,21,23)(H,24,25). The number of hydrazone groups is 1. The van der Waals surface area contributed by atoms with Crippen LogP contribution in [0.2, 0.25) is 0 Å². The van der Waals surface area contributed by atoms with E-state index in [2.05, 4.69) is 15.5 Å². The molecule has 0 aliphatic carbocycles. The molecule has 1 amide bonds. The molecule has 7 heteroatoms. The minimum absolute atomic E-state index is 0.319. The zero-order valence-electron chi connectivity index (χ0n) is 14.9. The van der Waals surface area contributed by atoms with E-state index in [1.165, 1.54) is 0 Å². The number of aryl methyl sites for hydroxylation is 1.